The molecule has 0 radical (unpaired) electrons. The van der Waals surface area contributed by atoms with Crippen molar-refractivity contribution < 1.29 is 4.79 Å². The first-order valence-corrected chi connectivity index (χ1v) is 7.01. The second-order valence-corrected chi connectivity index (χ2v) is 5.43. The third-order valence-corrected chi connectivity index (χ3v) is 4.21. The van der Waals surface area contributed by atoms with Gasteiger partial charge in [0, 0.05) is 38.9 Å². The van der Waals surface area contributed by atoms with Crippen molar-refractivity contribution in [3.8, 4) is 0 Å². The van der Waals surface area contributed by atoms with E-state index in [-0.39, 0.29) is 6.04 Å². The molecule has 19 heavy (non-hydrogen) atoms. The lowest BCUT2D eigenvalue weighted by Crippen LogP contribution is -2.49. The second kappa shape index (κ2) is 6.46. The quantitative estimate of drug-likeness (QED) is 0.622. The molecule has 0 aromatic carbocycles. The van der Waals surface area contributed by atoms with E-state index < -0.39 is 0 Å². The molecule has 1 saturated heterocycles. The summed E-state index contributed by atoms with van der Waals surface area (Å²) in [5.41, 5.74) is 2.30. The summed E-state index contributed by atoms with van der Waals surface area (Å²) in [6, 6.07) is 2.06. The molecule has 1 aromatic rings. The van der Waals surface area contributed by atoms with Crippen LogP contribution in [0.25, 0.3) is 0 Å². The van der Waals surface area contributed by atoms with E-state index in [0.29, 0.717) is 5.15 Å². The molecule has 1 atom stereocenters. The van der Waals surface area contributed by atoms with Crippen molar-refractivity contribution in [2.24, 2.45) is 0 Å². The van der Waals surface area contributed by atoms with Crippen LogP contribution in [0.4, 0.5) is 0 Å². The Bertz CT molecular complexity index is 444. The fraction of sp³-hybridized carbons (Fsp3) is 0.571. The number of hydrogen-bond acceptors (Lipinski definition) is 4. The van der Waals surface area contributed by atoms with Crippen LogP contribution in [0.15, 0.2) is 12.3 Å². The highest BCUT2D eigenvalue weighted by Gasteiger charge is 2.21. The van der Waals surface area contributed by atoms with E-state index >= 15 is 0 Å². The molecule has 0 aliphatic carbocycles. The lowest BCUT2D eigenvalue weighted by atomic mass is 10.1. The Hall–Kier alpha value is -0.970. The molecular weight excluding hydrogens is 262 g/mol. The number of nitrogens with zero attached hydrogens (tertiary/aromatic N) is 3. The summed E-state index contributed by atoms with van der Waals surface area (Å²) in [4.78, 5) is 19.5. The van der Waals surface area contributed by atoms with Crippen molar-refractivity contribution in [2.75, 3.05) is 26.2 Å². The molecule has 0 spiro atoms. The van der Waals surface area contributed by atoms with Crippen molar-refractivity contribution in [1.29, 1.82) is 0 Å². The minimum atomic E-state index is 0.0271. The van der Waals surface area contributed by atoms with Gasteiger partial charge in [-0.15, -0.1) is 0 Å². The highest BCUT2D eigenvalue weighted by Crippen LogP contribution is 2.18. The van der Waals surface area contributed by atoms with Crippen LogP contribution in [-0.2, 0) is 11.3 Å². The van der Waals surface area contributed by atoms with Crippen molar-refractivity contribution in [3.05, 3.63) is 28.5 Å². The zero-order valence-electron chi connectivity index (χ0n) is 11.5. The number of carbonyl (C=O) groups excluding carboxylic acids is 1. The van der Waals surface area contributed by atoms with Crippen LogP contribution in [0, 0.1) is 6.92 Å². The van der Waals surface area contributed by atoms with Crippen LogP contribution < -0.4 is 0 Å². The van der Waals surface area contributed by atoms with Crippen molar-refractivity contribution in [1.82, 2.24) is 14.8 Å². The van der Waals surface area contributed by atoms with Gasteiger partial charge in [-0.2, -0.15) is 0 Å². The average molecular weight is 282 g/mol. The first-order chi connectivity index (χ1) is 9.11. The summed E-state index contributed by atoms with van der Waals surface area (Å²) < 4.78 is 0. The Morgan fingerprint density at radius 2 is 2.11 bits per heavy atom. The number of carbonyl (C=O) groups is 1. The van der Waals surface area contributed by atoms with Crippen molar-refractivity contribution in [3.63, 3.8) is 0 Å². The highest BCUT2D eigenvalue weighted by molar-refractivity contribution is 6.30. The van der Waals surface area contributed by atoms with Gasteiger partial charge in [-0.3, -0.25) is 9.80 Å². The molecule has 0 saturated carbocycles. The summed E-state index contributed by atoms with van der Waals surface area (Å²) >= 11 is 6.04. The Labute approximate surface area is 119 Å². The zero-order valence-corrected chi connectivity index (χ0v) is 12.2. The Kier molecular flexibility index (Phi) is 4.91. The van der Waals surface area contributed by atoms with Gasteiger partial charge >= 0.3 is 0 Å². The van der Waals surface area contributed by atoms with Crippen molar-refractivity contribution in [2.45, 2.75) is 26.4 Å². The third-order valence-electron chi connectivity index (χ3n) is 3.83. The summed E-state index contributed by atoms with van der Waals surface area (Å²) in [5, 5.41) is 0.589. The molecule has 5 heteroatoms. The Morgan fingerprint density at radius 3 is 2.74 bits per heavy atom. The fourth-order valence-corrected chi connectivity index (χ4v) is 2.55. The van der Waals surface area contributed by atoms with Gasteiger partial charge in [0.1, 0.15) is 11.4 Å². The zero-order chi connectivity index (χ0) is 13.8. The predicted molar refractivity (Wildman–Crippen MR) is 76.4 cm³/mol. The molecular formula is C14H20ClN3O. The first kappa shape index (κ1) is 14.4. The smallest absolute Gasteiger partial charge is 0.136 e. The average Bonchev–Trinajstić information content (AvgIpc) is 2.44. The maximum Gasteiger partial charge on any atom is 0.136 e. The number of aromatic nitrogens is 1. The van der Waals surface area contributed by atoms with Crippen LogP contribution in [0.2, 0.25) is 5.15 Å². The Balaban J connectivity index is 1.92. The van der Waals surface area contributed by atoms with E-state index in [4.69, 9.17) is 11.6 Å². The minimum Gasteiger partial charge on any atom is -0.302 e. The number of hydrogen-bond donors (Lipinski definition) is 0. The summed E-state index contributed by atoms with van der Waals surface area (Å²) in [5.74, 6) is 0. The molecule has 1 fully saturated rings. The maximum atomic E-state index is 10.8. The molecule has 0 bridgehead atoms. The van der Waals surface area contributed by atoms with Crippen LogP contribution >= 0.6 is 11.6 Å². The number of aldehydes is 1. The number of piperazine rings is 1. The maximum absolute atomic E-state index is 10.8. The predicted octanol–water partition coefficient (Wildman–Crippen LogP) is 1.75. The van der Waals surface area contributed by atoms with Gasteiger partial charge < -0.3 is 4.79 Å². The monoisotopic (exact) mass is 281 g/mol. The normalized spacial score (nSPS) is 19.3. The fourth-order valence-electron chi connectivity index (χ4n) is 2.37. The van der Waals surface area contributed by atoms with Gasteiger partial charge in [0.2, 0.25) is 0 Å². The standard InChI is InChI=1S/C14H20ClN3O/c1-11(10-19)18-7-5-17(6-8-18)9-13-3-4-16-14(15)12(13)2/h3-4,10-11H,5-9H2,1-2H3. The van der Waals surface area contributed by atoms with Crippen LogP contribution in [0.5, 0.6) is 0 Å². The van der Waals surface area contributed by atoms with Crippen LogP contribution in [0.3, 0.4) is 0 Å². The third kappa shape index (κ3) is 3.53. The van der Waals surface area contributed by atoms with E-state index in [1.807, 2.05) is 19.9 Å². The lowest BCUT2D eigenvalue weighted by molar-refractivity contribution is -0.112. The molecule has 1 unspecified atom stereocenters. The van der Waals surface area contributed by atoms with E-state index in [1.54, 1.807) is 6.20 Å². The molecule has 4 nitrogen and oxygen atoms in total. The Morgan fingerprint density at radius 1 is 1.42 bits per heavy atom. The minimum absolute atomic E-state index is 0.0271. The number of pyridine rings is 1. The first-order valence-electron chi connectivity index (χ1n) is 6.63. The molecule has 0 N–H and O–H groups in total. The van der Waals surface area contributed by atoms with Gasteiger partial charge in [-0.1, -0.05) is 11.6 Å². The van der Waals surface area contributed by atoms with Gasteiger partial charge in [-0.25, -0.2) is 4.98 Å². The topological polar surface area (TPSA) is 36.4 Å². The van der Waals surface area contributed by atoms with Crippen molar-refractivity contribution >= 4 is 17.9 Å². The number of halogens is 1. The van der Waals surface area contributed by atoms with Crippen LogP contribution in [-0.4, -0.2) is 53.3 Å². The SMILES string of the molecule is Cc1c(CN2CCN(C(C)C=O)CC2)ccnc1Cl. The summed E-state index contributed by atoms with van der Waals surface area (Å²) in [6.07, 6.45) is 2.78. The molecule has 0 amide bonds. The second-order valence-electron chi connectivity index (χ2n) is 5.07. The molecule has 2 heterocycles. The van der Waals surface area contributed by atoms with Crippen LogP contribution in [0.1, 0.15) is 18.1 Å². The number of rotatable bonds is 4. The van der Waals surface area contributed by atoms with Gasteiger partial charge in [0.15, 0.2) is 0 Å². The largest absolute Gasteiger partial charge is 0.302 e. The van der Waals surface area contributed by atoms with E-state index in [1.165, 1.54) is 5.56 Å². The lowest BCUT2D eigenvalue weighted by Gasteiger charge is -2.36. The highest BCUT2D eigenvalue weighted by atomic mass is 35.5. The molecule has 1 aliphatic rings. The van der Waals surface area contributed by atoms with E-state index in [2.05, 4.69) is 14.8 Å². The molecule has 2 rings (SSSR count). The van der Waals surface area contributed by atoms with E-state index in [0.717, 1.165) is 44.6 Å². The molecule has 104 valence electrons. The van der Waals surface area contributed by atoms with Gasteiger partial charge in [0.25, 0.3) is 0 Å². The molecule has 1 aromatic heterocycles. The van der Waals surface area contributed by atoms with Gasteiger partial charge in [0.05, 0.1) is 6.04 Å². The summed E-state index contributed by atoms with van der Waals surface area (Å²) in [7, 11) is 0. The summed E-state index contributed by atoms with van der Waals surface area (Å²) in [6.45, 7) is 8.72. The van der Waals surface area contributed by atoms with E-state index in [9.17, 15) is 4.79 Å². The van der Waals surface area contributed by atoms with Gasteiger partial charge in [-0.05, 0) is 31.0 Å². The molecule has 1 aliphatic heterocycles.